The van der Waals surface area contributed by atoms with E-state index < -0.39 is 18.9 Å². The standard InChI is InChI=1S/C20H20ClF3N4O4/c1-30-28-16-5-3-2-4-15(16)25-19(29)32-17-10-14(12-6-8-13(21)9-7-12)18(27-26-17)31-11-20(22,23)24/h6-10,15H,2-5,11H2,1H3,(H,25,29)/b28-16+/t15-/m1/s1. The summed E-state index contributed by atoms with van der Waals surface area (Å²) in [5.41, 5.74) is 1.30. The number of hydrogen-bond acceptors (Lipinski definition) is 7. The number of rotatable bonds is 6. The van der Waals surface area contributed by atoms with Crippen molar-refractivity contribution in [3.63, 3.8) is 0 Å². The van der Waals surface area contributed by atoms with Crippen LogP contribution >= 0.6 is 11.6 Å². The number of carbonyl (C=O) groups excluding carboxylic acids is 1. The zero-order chi connectivity index (χ0) is 23.1. The molecule has 1 saturated carbocycles. The molecule has 1 aliphatic carbocycles. The summed E-state index contributed by atoms with van der Waals surface area (Å²) in [7, 11) is 1.42. The summed E-state index contributed by atoms with van der Waals surface area (Å²) in [5, 5.41) is 14.4. The molecule has 1 heterocycles. The molecule has 0 radical (unpaired) electrons. The van der Waals surface area contributed by atoms with E-state index in [2.05, 4.69) is 20.7 Å². The van der Waals surface area contributed by atoms with E-state index in [-0.39, 0.29) is 23.4 Å². The van der Waals surface area contributed by atoms with E-state index in [1.807, 2.05) is 0 Å². The molecule has 0 spiro atoms. The lowest BCUT2D eigenvalue weighted by Gasteiger charge is -2.23. The first-order chi connectivity index (χ1) is 15.2. The number of amides is 1. The lowest BCUT2D eigenvalue weighted by atomic mass is 9.93. The maximum atomic E-state index is 12.6. The van der Waals surface area contributed by atoms with Gasteiger partial charge < -0.3 is 19.6 Å². The number of hydrogen-bond donors (Lipinski definition) is 1. The number of nitrogens with zero attached hydrogens (tertiary/aromatic N) is 3. The van der Waals surface area contributed by atoms with Crippen molar-refractivity contribution in [2.45, 2.75) is 37.9 Å². The summed E-state index contributed by atoms with van der Waals surface area (Å²) < 4.78 is 47.8. The smallest absolute Gasteiger partial charge is 0.422 e. The number of alkyl halides is 3. The Morgan fingerprint density at radius 3 is 2.69 bits per heavy atom. The SMILES string of the molecule is CO/N=C1\CCCC[C@H]1NC(=O)Oc1cc(-c2ccc(Cl)cc2)c(OCC(F)(F)F)nn1. The maximum Gasteiger partial charge on any atom is 0.422 e. The monoisotopic (exact) mass is 472 g/mol. The fraction of sp³-hybridized carbons (Fsp3) is 0.400. The first kappa shape index (κ1) is 23.6. The van der Waals surface area contributed by atoms with E-state index in [1.54, 1.807) is 24.3 Å². The van der Waals surface area contributed by atoms with Crippen molar-refractivity contribution in [3.05, 3.63) is 35.4 Å². The van der Waals surface area contributed by atoms with Crippen LogP contribution in [0.15, 0.2) is 35.5 Å². The van der Waals surface area contributed by atoms with Crippen LogP contribution in [0, 0.1) is 0 Å². The van der Waals surface area contributed by atoms with Gasteiger partial charge in [0.1, 0.15) is 7.11 Å². The molecule has 8 nitrogen and oxygen atoms in total. The van der Waals surface area contributed by atoms with Gasteiger partial charge in [-0.15, -0.1) is 10.2 Å². The van der Waals surface area contributed by atoms with Crippen LogP contribution in [0.4, 0.5) is 18.0 Å². The van der Waals surface area contributed by atoms with Gasteiger partial charge in [-0.1, -0.05) is 35.3 Å². The third-order valence-corrected chi connectivity index (χ3v) is 4.79. The van der Waals surface area contributed by atoms with Gasteiger partial charge in [-0.25, -0.2) is 4.79 Å². The molecule has 1 atom stereocenters. The van der Waals surface area contributed by atoms with Crippen LogP contribution in [0.3, 0.4) is 0 Å². The molecule has 172 valence electrons. The molecular formula is C20H20ClF3N4O4. The minimum atomic E-state index is -4.56. The van der Waals surface area contributed by atoms with Gasteiger partial charge >= 0.3 is 12.3 Å². The van der Waals surface area contributed by atoms with Gasteiger partial charge in [0, 0.05) is 11.1 Å². The van der Waals surface area contributed by atoms with Gasteiger partial charge in [-0.3, -0.25) is 0 Å². The summed E-state index contributed by atoms with van der Waals surface area (Å²) >= 11 is 5.88. The lowest BCUT2D eigenvalue weighted by Crippen LogP contribution is -2.44. The zero-order valence-electron chi connectivity index (χ0n) is 17.0. The van der Waals surface area contributed by atoms with E-state index in [4.69, 9.17) is 25.9 Å². The van der Waals surface area contributed by atoms with Crippen LogP contribution in [0.2, 0.25) is 5.02 Å². The van der Waals surface area contributed by atoms with Crippen LogP contribution in [0.5, 0.6) is 11.8 Å². The predicted molar refractivity (Wildman–Crippen MR) is 110 cm³/mol. The number of benzene rings is 1. The molecule has 32 heavy (non-hydrogen) atoms. The van der Waals surface area contributed by atoms with Gasteiger partial charge in [-0.2, -0.15) is 13.2 Å². The highest BCUT2D eigenvalue weighted by atomic mass is 35.5. The molecule has 12 heteroatoms. The fourth-order valence-electron chi connectivity index (χ4n) is 3.15. The van der Waals surface area contributed by atoms with Gasteiger partial charge in [0.05, 0.1) is 17.3 Å². The zero-order valence-corrected chi connectivity index (χ0v) is 17.7. The number of oxime groups is 1. The Morgan fingerprint density at radius 1 is 1.25 bits per heavy atom. The summed E-state index contributed by atoms with van der Waals surface area (Å²) in [5.74, 6) is -0.577. The fourth-order valence-corrected chi connectivity index (χ4v) is 3.28. The van der Waals surface area contributed by atoms with Crippen LogP contribution < -0.4 is 14.8 Å². The van der Waals surface area contributed by atoms with Crippen molar-refractivity contribution in [3.8, 4) is 22.9 Å². The third-order valence-electron chi connectivity index (χ3n) is 4.54. The molecule has 1 fully saturated rings. The van der Waals surface area contributed by atoms with E-state index >= 15 is 0 Å². The van der Waals surface area contributed by atoms with E-state index in [9.17, 15) is 18.0 Å². The van der Waals surface area contributed by atoms with Crippen molar-refractivity contribution in [2.24, 2.45) is 5.16 Å². The largest absolute Gasteiger partial charge is 0.466 e. The Balaban J connectivity index is 1.79. The maximum absolute atomic E-state index is 12.6. The summed E-state index contributed by atoms with van der Waals surface area (Å²) in [6, 6.07) is 7.16. The molecule has 1 N–H and O–H groups in total. The topological polar surface area (TPSA) is 94.9 Å². The Bertz CT molecular complexity index is 970. The summed E-state index contributed by atoms with van der Waals surface area (Å²) in [6.07, 6.45) is -2.17. The molecule has 0 bridgehead atoms. The Morgan fingerprint density at radius 2 is 2.00 bits per heavy atom. The highest BCUT2D eigenvalue weighted by Gasteiger charge is 2.30. The second-order valence-electron chi connectivity index (χ2n) is 6.91. The molecule has 0 saturated heterocycles. The quantitative estimate of drug-likeness (QED) is 0.608. The molecule has 3 rings (SSSR count). The van der Waals surface area contributed by atoms with E-state index in [0.717, 1.165) is 12.8 Å². The van der Waals surface area contributed by atoms with Gasteiger partial charge in [-0.05, 0) is 37.0 Å². The van der Waals surface area contributed by atoms with Crippen LogP contribution in [0.25, 0.3) is 11.1 Å². The summed E-state index contributed by atoms with van der Waals surface area (Å²) in [4.78, 5) is 17.2. The predicted octanol–water partition coefficient (Wildman–Crippen LogP) is 4.77. The van der Waals surface area contributed by atoms with Gasteiger partial charge in [0.25, 0.3) is 0 Å². The van der Waals surface area contributed by atoms with Crippen molar-refractivity contribution >= 4 is 23.4 Å². The summed E-state index contributed by atoms with van der Waals surface area (Å²) in [6.45, 7) is -1.55. The minimum absolute atomic E-state index is 0.156. The number of halogens is 4. The third kappa shape index (κ3) is 6.71. The highest BCUT2D eigenvalue weighted by Crippen LogP contribution is 2.32. The second-order valence-corrected chi connectivity index (χ2v) is 7.35. The molecule has 0 aliphatic heterocycles. The van der Waals surface area contributed by atoms with E-state index in [0.29, 0.717) is 29.1 Å². The number of nitrogens with one attached hydrogen (secondary N) is 1. The average molecular weight is 473 g/mol. The molecule has 1 aromatic carbocycles. The Hall–Kier alpha value is -3.08. The van der Waals surface area contributed by atoms with Crippen LogP contribution in [0.1, 0.15) is 25.7 Å². The Kier molecular flexibility index (Phi) is 7.73. The second kappa shape index (κ2) is 10.5. The van der Waals surface area contributed by atoms with Gasteiger partial charge in [0.15, 0.2) is 6.61 Å². The first-order valence-corrected chi connectivity index (χ1v) is 10.0. The van der Waals surface area contributed by atoms with Gasteiger partial charge in [0.2, 0.25) is 11.8 Å². The normalized spacial score (nSPS) is 17.7. The molecule has 1 amide bonds. The van der Waals surface area contributed by atoms with Crippen molar-refractivity contribution in [1.82, 2.24) is 15.5 Å². The van der Waals surface area contributed by atoms with Crippen LogP contribution in [-0.4, -0.2) is 47.9 Å². The van der Waals surface area contributed by atoms with Crippen molar-refractivity contribution in [1.29, 1.82) is 0 Å². The van der Waals surface area contributed by atoms with Crippen molar-refractivity contribution in [2.75, 3.05) is 13.7 Å². The number of carbonyl (C=O) groups is 1. The van der Waals surface area contributed by atoms with E-state index in [1.165, 1.54) is 13.2 Å². The highest BCUT2D eigenvalue weighted by molar-refractivity contribution is 6.30. The van der Waals surface area contributed by atoms with Crippen LogP contribution in [-0.2, 0) is 4.84 Å². The lowest BCUT2D eigenvalue weighted by molar-refractivity contribution is -0.154. The molecule has 0 unspecified atom stereocenters. The molecule has 1 aromatic heterocycles. The average Bonchev–Trinajstić information content (AvgIpc) is 2.74. The molecule has 2 aromatic rings. The first-order valence-electron chi connectivity index (χ1n) is 9.66. The molecule has 1 aliphatic rings. The number of aromatic nitrogens is 2. The minimum Gasteiger partial charge on any atom is -0.466 e. The molecular weight excluding hydrogens is 453 g/mol. The van der Waals surface area contributed by atoms with Crippen molar-refractivity contribution < 1.29 is 32.3 Å². The number of ether oxygens (including phenoxy) is 2. The Labute approximate surface area is 186 Å².